The largest absolute Gasteiger partial charge is 0.456 e. The summed E-state index contributed by atoms with van der Waals surface area (Å²) in [6.07, 6.45) is 0. The molecular weight excluding hydrogens is 292 g/mol. The zero-order valence-corrected chi connectivity index (χ0v) is 12.5. The van der Waals surface area contributed by atoms with Crippen molar-refractivity contribution < 1.29 is 4.42 Å². The second-order valence-electron chi connectivity index (χ2n) is 5.24. The van der Waals surface area contributed by atoms with Crippen LogP contribution in [-0.2, 0) is 0 Å². The van der Waals surface area contributed by atoms with Gasteiger partial charge >= 0.3 is 0 Å². The van der Waals surface area contributed by atoms with Crippen molar-refractivity contribution in [3.63, 3.8) is 0 Å². The lowest BCUT2D eigenvalue weighted by Gasteiger charge is -2.04. The van der Waals surface area contributed by atoms with E-state index in [0.717, 1.165) is 38.4 Å². The SMILES string of the molecule is Clc1ccc(-c2cccc(-c3cc4ccccc4o3)c2)cc1. The van der Waals surface area contributed by atoms with Crippen molar-refractivity contribution in [1.82, 2.24) is 0 Å². The lowest BCUT2D eigenvalue weighted by atomic mass is 10.0. The van der Waals surface area contributed by atoms with Crippen LogP contribution in [0.15, 0.2) is 83.3 Å². The Morgan fingerprint density at radius 1 is 0.636 bits per heavy atom. The molecule has 0 aliphatic carbocycles. The zero-order valence-electron chi connectivity index (χ0n) is 11.8. The van der Waals surface area contributed by atoms with Gasteiger partial charge in [0.1, 0.15) is 11.3 Å². The van der Waals surface area contributed by atoms with Crippen molar-refractivity contribution >= 4 is 22.6 Å². The van der Waals surface area contributed by atoms with E-state index in [9.17, 15) is 0 Å². The van der Waals surface area contributed by atoms with Gasteiger partial charge in [0, 0.05) is 16.0 Å². The predicted octanol–water partition coefficient (Wildman–Crippen LogP) is 6.42. The molecule has 0 fully saturated rings. The molecule has 0 saturated heterocycles. The van der Waals surface area contributed by atoms with Crippen molar-refractivity contribution in [3.05, 3.63) is 83.9 Å². The maximum Gasteiger partial charge on any atom is 0.135 e. The summed E-state index contributed by atoms with van der Waals surface area (Å²) in [7, 11) is 0. The van der Waals surface area contributed by atoms with Gasteiger partial charge in [0.25, 0.3) is 0 Å². The topological polar surface area (TPSA) is 13.1 Å². The lowest BCUT2D eigenvalue weighted by molar-refractivity contribution is 0.631. The molecule has 4 rings (SSSR count). The molecule has 1 nitrogen and oxygen atoms in total. The maximum absolute atomic E-state index is 5.96. The van der Waals surface area contributed by atoms with Crippen LogP contribution in [0.4, 0.5) is 0 Å². The summed E-state index contributed by atoms with van der Waals surface area (Å²) in [5.74, 6) is 0.886. The van der Waals surface area contributed by atoms with Crippen LogP contribution in [0, 0.1) is 0 Å². The number of hydrogen-bond donors (Lipinski definition) is 0. The van der Waals surface area contributed by atoms with Gasteiger partial charge in [0.15, 0.2) is 0 Å². The Hall–Kier alpha value is -2.51. The van der Waals surface area contributed by atoms with E-state index in [-0.39, 0.29) is 0 Å². The van der Waals surface area contributed by atoms with Gasteiger partial charge in [-0.2, -0.15) is 0 Å². The highest BCUT2D eigenvalue weighted by atomic mass is 35.5. The van der Waals surface area contributed by atoms with E-state index in [1.165, 1.54) is 0 Å². The molecule has 0 aliphatic rings. The summed E-state index contributed by atoms with van der Waals surface area (Å²) < 4.78 is 5.94. The van der Waals surface area contributed by atoms with E-state index in [1.807, 2.05) is 48.5 Å². The van der Waals surface area contributed by atoms with Crippen molar-refractivity contribution in [2.75, 3.05) is 0 Å². The molecule has 4 aromatic rings. The number of furan rings is 1. The van der Waals surface area contributed by atoms with Gasteiger partial charge in [0.2, 0.25) is 0 Å². The molecule has 0 saturated carbocycles. The molecule has 0 unspecified atom stereocenters. The summed E-state index contributed by atoms with van der Waals surface area (Å²) in [6, 6.07) is 26.4. The molecule has 0 spiro atoms. The van der Waals surface area contributed by atoms with E-state index < -0.39 is 0 Å². The highest BCUT2D eigenvalue weighted by molar-refractivity contribution is 6.30. The first-order valence-corrected chi connectivity index (χ1v) is 7.52. The highest BCUT2D eigenvalue weighted by Crippen LogP contribution is 2.31. The Morgan fingerprint density at radius 3 is 2.23 bits per heavy atom. The number of halogens is 1. The number of para-hydroxylation sites is 1. The fourth-order valence-electron chi connectivity index (χ4n) is 2.62. The predicted molar refractivity (Wildman–Crippen MR) is 92.1 cm³/mol. The molecule has 22 heavy (non-hydrogen) atoms. The van der Waals surface area contributed by atoms with Crippen molar-refractivity contribution in [2.24, 2.45) is 0 Å². The third-order valence-electron chi connectivity index (χ3n) is 3.75. The average molecular weight is 305 g/mol. The first kappa shape index (κ1) is 13.2. The highest BCUT2D eigenvalue weighted by Gasteiger charge is 2.07. The summed E-state index contributed by atoms with van der Waals surface area (Å²) in [5, 5.41) is 1.87. The summed E-state index contributed by atoms with van der Waals surface area (Å²) >= 11 is 5.96. The van der Waals surface area contributed by atoms with E-state index >= 15 is 0 Å². The van der Waals surface area contributed by atoms with Crippen LogP contribution >= 0.6 is 11.6 Å². The van der Waals surface area contributed by atoms with Crippen molar-refractivity contribution in [1.29, 1.82) is 0 Å². The molecule has 0 atom stereocenters. The number of benzene rings is 3. The summed E-state index contributed by atoms with van der Waals surface area (Å²) in [5.41, 5.74) is 4.27. The molecule has 106 valence electrons. The molecule has 0 aliphatic heterocycles. The van der Waals surface area contributed by atoms with Crippen LogP contribution in [0.2, 0.25) is 5.02 Å². The molecule has 2 heteroatoms. The fourth-order valence-corrected chi connectivity index (χ4v) is 2.74. The van der Waals surface area contributed by atoms with Crippen LogP contribution in [0.3, 0.4) is 0 Å². The van der Waals surface area contributed by atoms with Crippen LogP contribution in [0.5, 0.6) is 0 Å². The molecule has 0 bridgehead atoms. The van der Waals surface area contributed by atoms with E-state index in [1.54, 1.807) is 0 Å². The van der Waals surface area contributed by atoms with E-state index in [4.69, 9.17) is 16.0 Å². The summed E-state index contributed by atoms with van der Waals surface area (Å²) in [6.45, 7) is 0. The van der Waals surface area contributed by atoms with Crippen LogP contribution < -0.4 is 0 Å². The first-order chi connectivity index (χ1) is 10.8. The molecule has 0 amide bonds. The monoisotopic (exact) mass is 304 g/mol. The second kappa shape index (κ2) is 5.36. The van der Waals surface area contributed by atoms with Gasteiger partial charge in [-0.15, -0.1) is 0 Å². The Morgan fingerprint density at radius 2 is 1.41 bits per heavy atom. The molecule has 1 heterocycles. The minimum atomic E-state index is 0.747. The summed E-state index contributed by atoms with van der Waals surface area (Å²) in [4.78, 5) is 0. The van der Waals surface area contributed by atoms with Gasteiger partial charge in [-0.1, -0.05) is 60.1 Å². The number of rotatable bonds is 2. The Bertz CT molecular complexity index is 902. The van der Waals surface area contributed by atoms with Gasteiger partial charge < -0.3 is 4.42 Å². The lowest BCUT2D eigenvalue weighted by Crippen LogP contribution is -1.79. The van der Waals surface area contributed by atoms with Crippen molar-refractivity contribution in [3.8, 4) is 22.5 Å². The minimum Gasteiger partial charge on any atom is -0.456 e. The number of hydrogen-bond acceptors (Lipinski definition) is 1. The van der Waals surface area contributed by atoms with Crippen LogP contribution in [0.25, 0.3) is 33.4 Å². The smallest absolute Gasteiger partial charge is 0.135 e. The Balaban J connectivity index is 1.79. The van der Waals surface area contributed by atoms with E-state index in [0.29, 0.717) is 0 Å². The third-order valence-corrected chi connectivity index (χ3v) is 4.00. The Labute approximate surface area is 133 Å². The molecule has 0 radical (unpaired) electrons. The van der Waals surface area contributed by atoms with Crippen LogP contribution in [-0.4, -0.2) is 0 Å². The average Bonchev–Trinajstić information content (AvgIpc) is 3.00. The quantitative estimate of drug-likeness (QED) is 0.416. The van der Waals surface area contributed by atoms with Gasteiger partial charge in [0.05, 0.1) is 0 Å². The fraction of sp³-hybridized carbons (Fsp3) is 0. The molecular formula is C20H13ClO. The van der Waals surface area contributed by atoms with Gasteiger partial charge in [-0.05, 0) is 41.5 Å². The maximum atomic E-state index is 5.96. The minimum absolute atomic E-state index is 0.747. The van der Waals surface area contributed by atoms with Gasteiger partial charge in [-0.3, -0.25) is 0 Å². The molecule has 0 N–H and O–H groups in total. The van der Waals surface area contributed by atoms with Crippen molar-refractivity contribution in [2.45, 2.75) is 0 Å². The van der Waals surface area contributed by atoms with Crippen LogP contribution in [0.1, 0.15) is 0 Å². The second-order valence-corrected chi connectivity index (χ2v) is 5.67. The van der Waals surface area contributed by atoms with E-state index in [2.05, 4.69) is 30.3 Å². The Kier molecular flexibility index (Phi) is 3.21. The van der Waals surface area contributed by atoms with Gasteiger partial charge in [-0.25, -0.2) is 0 Å². The normalized spacial score (nSPS) is 11.0. The molecule has 1 aromatic heterocycles. The first-order valence-electron chi connectivity index (χ1n) is 7.14. The number of fused-ring (bicyclic) bond motifs is 1. The zero-order chi connectivity index (χ0) is 14.9. The standard InChI is InChI=1S/C20H13ClO/c21-18-10-8-14(9-11-18)15-5-3-6-16(12-15)20-13-17-4-1-2-7-19(17)22-20/h1-13H. The molecule has 3 aromatic carbocycles. The third kappa shape index (κ3) is 2.40.